The van der Waals surface area contributed by atoms with Crippen LogP contribution in [0.2, 0.25) is 0 Å². The zero-order valence-corrected chi connectivity index (χ0v) is 16.7. The van der Waals surface area contributed by atoms with Gasteiger partial charge in [0.25, 0.3) is 5.91 Å². The predicted octanol–water partition coefficient (Wildman–Crippen LogP) is 2.61. The number of nitrogens with one attached hydrogen (secondary N) is 3. The number of rotatable bonds is 7. The van der Waals surface area contributed by atoms with Crippen LogP contribution in [0.3, 0.4) is 0 Å². The molecule has 5 heteroatoms. The molecule has 3 N–H and O–H groups in total. The molecule has 2 aromatic rings. The van der Waals surface area contributed by atoms with Crippen molar-refractivity contribution < 1.29 is 4.79 Å². The Hall–Kier alpha value is -2.82. The third-order valence-corrected chi connectivity index (χ3v) is 4.33. The van der Waals surface area contributed by atoms with Gasteiger partial charge in [0.1, 0.15) is 0 Å². The third-order valence-electron chi connectivity index (χ3n) is 4.33. The van der Waals surface area contributed by atoms with Gasteiger partial charge in [-0.3, -0.25) is 9.79 Å². The highest BCUT2D eigenvalue weighted by atomic mass is 16.1. The van der Waals surface area contributed by atoms with Gasteiger partial charge in [-0.25, -0.2) is 0 Å². The van der Waals surface area contributed by atoms with Crippen molar-refractivity contribution in [3.8, 4) is 0 Å². The Bertz CT molecular complexity index is 778. The van der Waals surface area contributed by atoms with Crippen molar-refractivity contribution in [3.05, 3.63) is 70.3 Å². The minimum absolute atomic E-state index is 0.0614. The molecule has 0 spiro atoms. The Labute approximate surface area is 162 Å². The van der Waals surface area contributed by atoms with E-state index in [4.69, 9.17) is 0 Å². The molecule has 0 aromatic heterocycles. The molecule has 0 aliphatic heterocycles. The predicted molar refractivity (Wildman–Crippen MR) is 113 cm³/mol. The zero-order chi connectivity index (χ0) is 19.6. The lowest BCUT2D eigenvalue weighted by molar-refractivity contribution is 0.0963. The molecule has 5 nitrogen and oxygen atoms in total. The Balaban J connectivity index is 1.78. The summed E-state index contributed by atoms with van der Waals surface area (Å²) in [7, 11) is 3.42. The number of hydrogen-bond donors (Lipinski definition) is 3. The summed E-state index contributed by atoms with van der Waals surface area (Å²) in [5.41, 5.74) is 5.74. The molecule has 2 rings (SSSR count). The molecule has 0 atom stereocenters. The van der Waals surface area contributed by atoms with E-state index in [1.165, 1.54) is 16.7 Å². The van der Waals surface area contributed by atoms with E-state index in [1.54, 1.807) is 14.1 Å². The molecule has 27 heavy (non-hydrogen) atoms. The van der Waals surface area contributed by atoms with Crippen molar-refractivity contribution in [2.45, 2.75) is 26.7 Å². The first-order valence-electron chi connectivity index (χ1n) is 9.34. The largest absolute Gasteiger partial charge is 0.356 e. The molecular weight excluding hydrogens is 336 g/mol. The van der Waals surface area contributed by atoms with Gasteiger partial charge in [0.2, 0.25) is 0 Å². The van der Waals surface area contributed by atoms with E-state index in [9.17, 15) is 4.79 Å². The van der Waals surface area contributed by atoms with Gasteiger partial charge >= 0.3 is 0 Å². The fraction of sp³-hybridized carbons (Fsp3) is 0.364. The summed E-state index contributed by atoms with van der Waals surface area (Å²) in [6.07, 6.45) is 1.78. The number of aliphatic imine (C=N–C) groups is 1. The normalized spacial score (nSPS) is 11.2. The highest BCUT2D eigenvalue weighted by molar-refractivity contribution is 5.94. The van der Waals surface area contributed by atoms with Crippen LogP contribution in [0.15, 0.2) is 47.5 Å². The summed E-state index contributed by atoms with van der Waals surface area (Å²) in [6.45, 7) is 5.84. The summed E-state index contributed by atoms with van der Waals surface area (Å²) in [4.78, 5) is 16.0. The number of amides is 1. The Morgan fingerprint density at radius 2 is 1.56 bits per heavy atom. The second kappa shape index (κ2) is 10.4. The summed E-state index contributed by atoms with van der Waals surface area (Å²) < 4.78 is 0. The molecule has 0 saturated heterocycles. The lowest BCUT2D eigenvalue weighted by Crippen LogP contribution is -2.39. The number of benzene rings is 2. The first kappa shape index (κ1) is 20.5. The minimum atomic E-state index is -0.0614. The van der Waals surface area contributed by atoms with Crippen LogP contribution in [0.5, 0.6) is 0 Å². The second-order valence-corrected chi connectivity index (χ2v) is 6.70. The topological polar surface area (TPSA) is 65.5 Å². The maximum absolute atomic E-state index is 11.7. The molecule has 0 unspecified atom stereocenters. The SMILES string of the molecule is CN=C(NCCc1cc(C)cc(C)c1)NCCc1cccc(C(=O)NC)c1. The number of carbonyl (C=O) groups is 1. The van der Waals surface area contributed by atoms with E-state index in [2.05, 4.69) is 53.0 Å². The van der Waals surface area contributed by atoms with Gasteiger partial charge < -0.3 is 16.0 Å². The first-order valence-corrected chi connectivity index (χ1v) is 9.34. The van der Waals surface area contributed by atoms with Gasteiger partial charge in [-0.15, -0.1) is 0 Å². The highest BCUT2D eigenvalue weighted by Crippen LogP contribution is 2.09. The number of aryl methyl sites for hydroxylation is 2. The minimum Gasteiger partial charge on any atom is -0.356 e. The van der Waals surface area contributed by atoms with Crippen molar-refractivity contribution in [2.75, 3.05) is 27.2 Å². The van der Waals surface area contributed by atoms with E-state index in [-0.39, 0.29) is 5.91 Å². The van der Waals surface area contributed by atoms with E-state index in [0.717, 1.165) is 37.5 Å². The van der Waals surface area contributed by atoms with Crippen LogP contribution < -0.4 is 16.0 Å². The number of guanidine groups is 1. The van der Waals surface area contributed by atoms with Crippen molar-refractivity contribution in [3.63, 3.8) is 0 Å². The molecule has 1 amide bonds. The summed E-state index contributed by atoms with van der Waals surface area (Å²) >= 11 is 0. The summed E-state index contributed by atoms with van der Waals surface area (Å²) in [6, 6.07) is 14.3. The molecule has 0 bridgehead atoms. The van der Waals surface area contributed by atoms with E-state index < -0.39 is 0 Å². The average molecular weight is 367 g/mol. The summed E-state index contributed by atoms with van der Waals surface area (Å²) in [5, 5.41) is 9.34. The Morgan fingerprint density at radius 1 is 0.926 bits per heavy atom. The van der Waals surface area contributed by atoms with Crippen LogP contribution >= 0.6 is 0 Å². The lowest BCUT2D eigenvalue weighted by atomic mass is 10.1. The molecule has 0 aliphatic carbocycles. The Morgan fingerprint density at radius 3 is 2.15 bits per heavy atom. The number of nitrogens with zero attached hydrogens (tertiary/aromatic N) is 1. The monoisotopic (exact) mass is 366 g/mol. The van der Waals surface area contributed by atoms with Gasteiger partial charge in [0.15, 0.2) is 5.96 Å². The van der Waals surface area contributed by atoms with Crippen molar-refractivity contribution in [1.82, 2.24) is 16.0 Å². The fourth-order valence-electron chi connectivity index (χ4n) is 3.10. The van der Waals surface area contributed by atoms with Crippen molar-refractivity contribution in [2.24, 2.45) is 4.99 Å². The van der Waals surface area contributed by atoms with Gasteiger partial charge in [-0.05, 0) is 49.9 Å². The molecular formula is C22H30N4O. The molecule has 0 saturated carbocycles. The first-order chi connectivity index (χ1) is 13.0. The van der Waals surface area contributed by atoms with Crippen LogP contribution in [0.25, 0.3) is 0 Å². The van der Waals surface area contributed by atoms with Gasteiger partial charge in [-0.2, -0.15) is 0 Å². The zero-order valence-electron chi connectivity index (χ0n) is 16.7. The van der Waals surface area contributed by atoms with Gasteiger partial charge in [-0.1, -0.05) is 41.5 Å². The quantitative estimate of drug-likeness (QED) is 0.521. The van der Waals surface area contributed by atoms with Crippen molar-refractivity contribution >= 4 is 11.9 Å². The highest BCUT2D eigenvalue weighted by Gasteiger charge is 2.04. The van der Waals surface area contributed by atoms with E-state index in [1.807, 2.05) is 24.3 Å². The molecule has 0 radical (unpaired) electrons. The molecule has 2 aromatic carbocycles. The molecule has 0 aliphatic rings. The van der Waals surface area contributed by atoms with Crippen molar-refractivity contribution in [1.29, 1.82) is 0 Å². The molecule has 144 valence electrons. The van der Waals surface area contributed by atoms with Gasteiger partial charge in [0, 0.05) is 32.7 Å². The maximum atomic E-state index is 11.7. The third kappa shape index (κ3) is 6.77. The standard InChI is InChI=1S/C22H30N4O/c1-16-12-17(2)14-19(13-16)9-11-26-22(24-4)25-10-8-18-6-5-7-20(15-18)21(27)23-3/h5-7,12-15H,8-11H2,1-4H3,(H,23,27)(H2,24,25,26). The average Bonchev–Trinajstić information content (AvgIpc) is 2.65. The van der Waals surface area contributed by atoms with Gasteiger partial charge in [0.05, 0.1) is 0 Å². The smallest absolute Gasteiger partial charge is 0.251 e. The maximum Gasteiger partial charge on any atom is 0.251 e. The number of carbonyl (C=O) groups excluding carboxylic acids is 1. The Kier molecular flexibility index (Phi) is 7.86. The second-order valence-electron chi connectivity index (χ2n) is 6.70. The fourth-order valence-corrected chi connectivity index (χ4v) is 3.10. The molecule has 0 fully saturated rings. The summed E-state index contributed by atoms with van der Waals surface area (Å²) in [5.74, 6) is 0.732. The van der Waals surface area contributed by atoms with Crippen LogP contribution in [-0.4, -0.2) is 39.1 Å². The van der Waals surface area contributed by atoms with E-state index in [0.29, 0.717) is 5.56 Å². The van der Waals surface area contributed by atoms with E-state index >= 15 is 0 Å². The van der Waals surface area contributed by atoms with Crippen LogP contribution in [0.1, 0.15) is 32.6 Å². The number of hydrogen-bond acceptors (Lipinski definition) is 2. The van der Waals surface area contributed by atoms with Crippen LogP contribution in [0, 0.1) is 13.8 Å². The van der Waals surface area contributed by atoms with Crippen LogP contribution in [0.4, 0.5) is 0 Å². The van der Waals surface area contributed by atoms with Crippen LogP contribution in [-0.2, 0) is 12.8 Å². The molecule has 0 heterocycles. The lowest BCUT2D eigenvalue weighted by Gasteiger charge is -2.12.